The van der Waals surface area contributed by atoms with E-state index in [-0.39, 0.29) is 5.91 Å². The summed E-state index contributed by atoms with van der Waals surface area (Å²) in [5.41, 5.74) is 1.79. The summed E-state index contributed by atoms with van der Waals surface area (Å²) >= 11 is 6.40. The van der Waals surface area contributed by atoms with Gasteiger partial charge in [0, 0.05) is 12.1 Å². The van der Waals surface area contributed by atoms with E-state index < -0.39 is 0 Å². The number of benzene rings is 1. The van der Waals surface area contributed by atoms with E-state index in [0.29, 0.717) is 22.7 Å². The lowest BCUT2D eigenvalue weighted by Crippen LogP contribution is -2.48. The van der Waals surface area contributed by atoms with Gasteiger partial charge in [-0.1, -0.05) is 56.2 Å². The van der Waals surface area contributed by atoms with Crippen LogP contribution in [0, 0.1) is 6.92 Å². The Morgan fingerprint density at radius 3 is 1.96 bits per heavy atom. The second kappa shape index (κ2) is 7.70. The molecule has 2 nitrogen and oxygen atoms in total. The number of nitrogens with zero attached hydrogens (tertiary/aromatic N) is 1. The van der Waals surface area contributed by atoms with Crippen molar-refractivity contribution in [2.24, 2.45) is 0 Å². The van der Waals surface area contributed by atoms with Gasteiger partial charge in [-0.15, -0.1) is 0 Å². The highest BCUT2D eigenvalue weighted by Crippen LogP contribution is 2.32. The lowest BCUT2D eigenvalue weighted by Gasteiger charge is -2.42. The van der Waals surface area contributed by atoms with Crippen molar-refractivity contribution in [3.05, 3.63) is 34.3 Å². The minimum Gasteiger partial charge on any atom is -0.333 e. The van der Waals surface area contributed by atoms with Crippen molar-refractivity contribution in [2.75, 3.05) is 0 Å². The number of carbonyl (C=O) groups is 1. The molecule has 0 unspecified atom stereocenters. The van der Waals surface area contributed by atoms with Crippen molar-refractivity contribution in [2.45, 2.75) is 83.2 Å². The van der Waals surface area contributed by atoms with E-state index in [1.165, 1.54) is 38.5 Å². The summed E-state index contributed by atoms with van der Waals surface area (Å²) in [6, 6.07) is 6.65. The third-order valence-electron chi connectivity index (χ3n) is 5.53. The minimum atomic E-state index is 0.161. The number of aryl methyl sites for hydroxylation is 1. The summed E-state index contributed by atoms with van der Waals surface area (Å²) in [6.45, 7) is 2.01. The van der Waals surface area contributed by atoms with Crippen LogP contribution in [0.4, 0.5) is 0 Å². The molecule has 1 amide bonds. The zero-order valence-corrected chi connectivity index (χ0v) is 14.9. The monoisotopic (exact) mass is 333 g/mol. The molecule has 0 heterocycles. The normalized spacial score (nSPS) is 20.4. The zero-order chi connectivity index (χ0) is 16.2. The van der Waals surface area contributed by atoms with Crippen LogP contribution in [0.25, 0.3) is 0 Å². The SMILES string of the molecule is Cc1ccc(C(=O)N(C2CCCCC2)C2CCCCC2)c(Cl)c1. The van der Waals surface area contributed by atoms with E-state index in [9.17, 15) is 4.79 Å². The average molecular weight is 334 g/mol. The zero-order valence-electron chi connectivity index (χ0n) is 14.2. The van der Waals surface area contributed by atoms with Gasteiger partial charge in [-0.2, -0.15) is 0 Å². The highest BCUT2D eigenvalue weighted by atomic mass is 35.5. The van der Waals surface area contributed by atoms with Gasteiger partial charge in [0.1, 0.15) is 0 Å². The first-order chi connectivity index (χ1) is 11.2. The van der Waals surface area contributed by atoms with E-state index in [2.05, 4.69) is 4.90 Å². The van der Waals surface area contributed by atoms with Crippen LogP contribution in [0.2, 0.25) is 5.02 Å². The van der Waals surface area contributed by atoms with Crippen LogP contribution < -0.4 is 0 Å². The van der Waals surface area contributed by atoms with E-state index in [1.807, 2.05) is 25.1 Å². The van der Waals surface area contributed by atoms with Crippen LogP contribution in [0.1, 0.15) is 80.1 Å². The number of carbonyl (C=O) groups excluding carboxylic acids is 1. The van der Waals surface area contributed by atoms with E-state index in [0.717, 1.165) is 31.2 Å². The van der Waals surface area contributed by atoms with Crippen molar-refractivity contribution in [1.82, 2.24) is 4.90 Å². The van der Waals surface area contributed by atoms with Crippen molar-refractivity contribution in [3.8, 4) is 0 Å². The molecular formula is C20H28ClNO. The second-order valence-corrected chi connectivity index (χ2v) is 7.69. The molecule has 0 N–H and O–H groups in total. The first-order valence-electron chi connectivity index (χ1n) is 9.25. The van der Waals surface area contributed by atoms with Gasteiger partial charge in [0.2, 0.25) is 0 Å². The summed E-state index contributed by atoms with van der Waals surface area (Å²) in [4.78, 5) is 15.5. The number of hydrogen-bond donors (Lipinski definition) is 0. The predicted octanol–water partition coefficient (Wildman–Crippen LogP) is 5.76. The molecular weight excluding hydrogens is 306 g/mol. The minimum absolute atomic E-state index is 0.161. The van der Waals surface area contributed by atoms with Crippen molar-refractivity contribution < 1.29 is 4.79 Å². The molecule has 0 bridgehead atoms. The number of hydrogen-bond acceptors (Lipinski definition) is 1. The Hall–Kier alpha value is -1.02. The van der Waals surface area contributed by atoms with Gasteiger partial charge < -0.3 is 4.90 Å². The fraction of sp³-hybridized carbons (Fsp3) is 0.650. The van der Waals surface area contributed by atoms with Gasteiger partial charge in [0.15, 0.2) is 0 Å². The number of amides is 1. The van der Waals surface area contributed by atoms with Crippen molar-refractivity contribution in [3.63, 3.8) is 0 Å². The highest BCUT2D eigenvalue weighted by molar-refractivity contribution is 6.33. The maximum absolute atomic E-state index is 13.3. The fourth-order valence-corrected chi connectivity index (χ4v) is 4.60. The molecule has 1 aromatic carbocycles. The lowest BCUT2D eigenvalue weighted by molar-refractivity contribution is 0.0448. The van der Waals surface area contributed by atoms with Gasteiger partial charge in [0.05, 0.1) is 10.6 Å². The van der Waals surface area contributed by atoms with Gasteiger partial charge in [-0.05, 0) is 50.3 Å². The molecule has 0 aromatic heterocycles. The Bertz CT molecular complexity index is 527. The van der Waals surface area contributed by atoms with Gasteiger partial charge >= 0.3 is 0 Å². The molecule has 2 aliphatic carbocycles. The summed E-state index contributed by atoms with van der Waals surface area (Å²) in [6.07, 6.45) is 12.3. The van der Waals surface area contributed by atoms with Crippen LogP contribution in [0.5, 0.6) is 0 Å². The first kappa shape index (κ1) is 16.8. The maximum Gasteiger partial charge on any atom is 0.255 e. The predicted molar refractivity (Wildman–Crippen MR) is 96.1 cm³/mol. The molecule has 3 rings (SSSR count). The smallest absolute Gasteiger partial charge is 0.255 e. The number of rotatable bonds is 3. The summed E-state index contributed by atoms with van der Waals surface area (Å²) < 4.78 is 0. The Morgan fingerprint density at radius 1 is 0.957 bits per heavy atom. The van der Waals surface area contributed by atoms with Crippen LogP contribution >= 0.6 is 11.6 Å². The maximum atomic E-state index is 13.3. The summed E-state index contributed by atoms with van der Waals surface area (Å²) in [7, 11) is 0. The Labute approximate surface area is 145 Å². The van der Waals surface area contributed by atoms with E-state index >= 15 is 0 Å². The van der Waals surface area contributed by atoms with Crippen LogP contribution in [-0.2, 0) is 0 Å². The molecule has 0 atom stereocenters. The molecule has 0 aliphatic heterocycles. The molecule has 2 saturated carbocycles. The number of halogens is 1. The van der Waals surface area contributed by atoms with Crippen LogP contribution in [0.15, 0.2) is 18.2 Å². The Morgan fingerprint density at radius 2 is 1.48 bits per heavy atom. The second-order valence-electron chi connectivity index (χ2n) is 7.28. The fourth-order valence-electron chi connectivity index (χ4n) is 4.28. The Balaban J connectivity index is 1.87. The molecule has 0 radical (unpaired) electrons. The van der Waals surface area contributed by atoms with Gasteiger partial charge in [-0.3, -0.25) is 4.79 Å². The quantitative estimate of drug-likeness (QED) is 0.689. The van der Waals surface area contributed by atoms with E-state index in [1.54, 1.807) is 0 Å². The average Bonchev–Trinajstić information content (AvgIpc) is 2.57. The van der Waals surface area contributed by atoms with Crippen LogP contribution in [-0.4, -0.2) is 22.9 Å². The third kappa shape index (κ3) is 3.91. The molecule has 2 fully saturated rings. The van der Waals surface area contributed by atoms with E-state index in [4.69, 9.17) is 11.6 Å². The molecule has 23 heavy (non-hydrogen) atoms. The van der Waals surface area contributed by atoms with Crippen molar-refractivity contribution >= 4 is 17.5 Å². The summed E-state index contributed by atoms with van der Waals surface area (Å²) in [5.74, 6) is 0.161. The molecule has 3 heteroatoms. The molecule has 0 saturated heterocycles. The third-order valence-corrected chi connectivity index (χ3v) is 5.84. The largest absolute Gasteiger partial charge is 0.333 e. The topological polar surface area (TPSA) is 20.3 Å². The summed E-state index contributed by atoms with van der Waals surface area (Å²) in [5, 5.41) is 0.603. The highest BCUT2D eigenvalue weighted by Gasteiger charge is 2.33. The molecule has 126 valence electrons. The molecule has 1 aromatic rings. The lowest BCUT2D eigenvalue weighted by atomic mass is 9.88. The van der Waals surface area contributed by atoms with Gasteiger partial charge in [0.25, 0.3) is 5.91 Å². The molecule has 2 aliphatic rings. The van der Waals surface area contributed by atoms with Crippen LogP contribution in [0.3, 0.4) is 0 Å². The van der Waals surface area contributed by atoms with Gasteiger partial charge in [-0.25, -0.2) is 0 Å². The first-order valence-corrected chi connectivity index (χ1v) is 9.63. The van der Waals surface area contributed by atoms with Crippen molar-refractivity contribution in [1.29, 1.82) is 0 Å². The Kier molecular flexibility index (Phi) is 5.63. The standard InChI is InChI=1S/C20H28ClNO/c1-15-12-13-18(19(21)14-15)20(23)22(16-8-4-2-5-9-16)17-10-6-3-7-11-17/h12-14,16-17H,2-11H2,1H3. The molecule has 0 spiro atoms.